The lowest BCUT2D eigenvalue weighted by atomic mass is 9.95. The number of hydrogen-bond donors (Lipinski definition) is 2. The van der Waals surface area contributed by atoms with Crippen molar-refractivity contribution in [2.45, 2.75) is 31.8 Å². The molecule has 148 valence electrons. The van der Waals surface area contributed by atoms with Gasteiger partial charge in [0.05, 0.1) is 6.10 Å². The molecule has 3 heterocycles. The van der Waals surface area contributed by atoms with E-state index in [0.29, 0.717) is 24.7 Å². The van der Waals surface area contributed by atoms with Gasteiger partial charge in [0.1, 0.15) is 12.3 Å². The summed E-state index contributed by atoms with van der Waals surface area (Å²) < 4.78 is 5.62. The van der Waals surface area contributed by atoms with Gasteiger partial charge in [-0.3, -0.25) is 9.59 Å². The van der Waals surface area contributed by atoms with Crippen LogP contribution in [0.5, 0.6) is 0 Å². The number of morpholine rings is 1. The summed E-state index contributed by atoms with van der Waals surface area (Å²) in [4.78, 5) is 31.7. The molecule has 2 amide bonds. The third-order valence-corrected chi connectivity index (χ3v) is 5.95. The highest BCUT2D eigenvalue weighted by Gasteiger charge is 2.31. The Morgan fingerprint density at radius 1 is 1.19 bits per heavy atom. The fourth-order valence-corrected chi connectivity index (χ4v) is 4.08. The van der Waals surface area contributed by atoms with Crippen molar-refractivity contribution >= 4 is 11.8 Å². The number of aromatic amines is 1. The summed E-state index contributed by atoms with van der Waals surface area (Å²) in [5.74, 6) is 1.46. The Bertz CT molecular complexity index is 636. The third kappa shape index (κ3) is 5.11. The molecule has 4 rings (SSSR count). The van der Waals surface area contributed by atoms with Gasteiger partial charge in [0, 0.05) is 32.4 Å². The predicted octanol–water partition coefficient (Wildman–Crippen LogP) is 1.09. The monoisotopic (exact) mass is 374 g/mol. The first-order chi connectivity index (χ1) is 13.2. The maximum absolute atomic E-state index is 12.3. The van der Waals surface area contributed by atoms with E-state index >= 15 is 0 Å². The molecule has 0 aromatic carbocycles. The quantitative estimate of drug-likeness (QED) is 0.749. The van der Waals surface area contributed by atoms with Crippen LogP contribution in [0.15, 0.2) is 18.3 Å². The van der Waals surface area contributed by atoms with Crippen LogP contribution in [0.4, 0.5) is 0 Å². The summed E-state index contributed by atoms with van der Waals surface area (Å²) >= 11 is 0. The van der Waals surface area contributed by atoms with Gasteiger partial charge in [-0.15, -0.1) is 0 Å². The molecule has 2 saturated heterocycles. The number of piperidine rings is 1. The molecule has 2 aliphatic heterocycles. The molecule has 1 atom stereocenters. The second-order valence-corrected chi connectivity index (χ2v) is 8.21. The molecule has 0 radical (unpaired) electrons. The molecule has 7 heteroatoms. The van der Waals surface area contributed by atoms with Crippen molar-refractivity contribution in [1.82, 2.24) is 20.1 Å². The Morgan fingerprint density at radius 2 is 1.96 bits per heavy atom. The first-order valence-corrected chi connectivity index (χ1v) is 10.2. The van der Waals surface area contributed by atoms with Crippen molar-refractivity contribution < 1.29 is 14.3 Å². The summed E-state index contributed by atoms with van der Waals surface area (Å²) in [7, 11) is 0. The first-order valence-electron chi connectivity index (χ1n) is 10.2. The number of amides is 2. The highest BCUT2D eigenvalue weighted by Crippen LogP contribution is 2.31. The van der Waals surface area contributed by atoms with Gasteiger partial charge in [0.15, 0.2) is 0 Å². The van der Waals surface area contributed by atoms with Crippen LogP contribution < -0.4 is 5.32 Å². The summed E-state index contributed by atoms with van der Waals surface area (Å²) in [6.07, 6.45) is 6.74. The molecule has 1 aromatic rings. The van der Waals surface area contributed by atoms with Crippen molar-refractivity contribution in [3.8, 4) is 0 Å². The summed E-state index contributed by atoms with van der Waals surface area (Å²) in [5, 5.41) is 2.88. The van der Waals surface area contributed by atoms with Crippen LogP contribution >= 0.6 is 0 Å². The average molecular weight is 374 g/mol. The number of likely N-dealkylation sites (tertiary alicyclic amines) is 1. The second-order valence-electron chi connectivity index (χ2n) is 8.21. The minimum absolute atomic E-state index is 0.0716. The lowest BCUT2D eigenvalue weighted by Crippen LogP contribution is -2.52. The van der Waals surface area contributed by atoms with Crippen molar-refractivity contribution in [1.29, 1.82) is 0 Å². The normalized spacial score (nSPS) is 25.0. The van der Waals surface area contributed by atoms with Crippen molar-refractivity contribution in [3.05, 3.63) is 24.0 Å². The molecular formula is C20H30N4O3. The number of H-pyrrole nitrogens is 1. The van der Waals surface area contributed by atoms with E-state index in [1.54, 1.807) is 18.3 Å². The van der Waals surface area contributed by atoms with Crippen molar-refractivity contribution in [3.63, 3.8) is 0 Å². The number of carbonyl (C=O) groups excluding carboxylic acids is 2. The first kappa shape index (κ1) is 18.5. The zero-order valence-electron chi connectivity index (χ0n) is 15.9. The van der Waals surface area contributed by atoms with Gasteiger partial charge in [-0.1, -0.05) is 0 Å². The standard InChI is InChI=1S/C20H30N4O3/c25-19-14-27-17(10-22-20(26)18-2-1-7-21-18)13-24(19)12-16-5-8-23(9-6-16)11-15-3-4-15/h1-2,7,15-17,21H,3-6,8-14H2,(H,22,26). The number of hydrogen-bond acceptors (Lipinski definition) is 4. The summed E-state index contributed by atoms with van der Waals surface area (Å²) in [5.41, 5.74) is 0.539. The van der Waals surface area contributed by atoms with Gasteiger partial charge >= 0.3 is 0 Å². The molecule has 1 saturated carbocycles. The molecule has 0 spiro atoms. The Balaban J connectivity index is 1.20. The largest absolute Gasteiger partial charge is 0.365 e. The van der Waals surface area contributed by atoms with E-state index < -0.39 is 0 Å². The molecule has 1 unspecified atom stereocenters. The van der Waals surface area contributed by atoms with E-state index in [4.69, 9.17) is 4.74 Å². The van der Waals surface area contributed by atoms with Crippen LogP contribution in [-0.2, 0) is 9.53 Å². The van der Waals surface area contributed by atoms with Gasteiger partial charge < -0.3 is 24.8 Å². The minimum atomic E-state index is -0.143. The summed E-state index contributed by atoms with van der Waals surface area (Å²) in [6.45, 7) is 5.51. The molecule has 0 bridgehead atoms. The van der Waals surface area contributed by atoms with Crippen LogP contribution in [0.25, 0.3) is 0 Å². The van der Waals surface area contributed by atoms with E-state index in [1.165, 1.54) is 32.2 Å². The molecule has 27 heavy (non-hydrogen) atoms. The van der Waals surface area contributed by atoms with Gasteiger partial charge in [0.2, 0.25) is 5.91 Å². The second kappa shape index (κ2) is 8.44. The Hall–Kier alpha value is -1.86. The lowest BCUT2D eigenvalue weighted by molar-refractivity contribution is -0.149. The Labute approximate surface area is 160 Å². The molecule has 1 aromatic heterocycles. The van der Waals surface area contributed by atoms with Gasteiger partial charge in [0.25, 0.3) is 5.91 Å². The van der Waals surface area contributed by atoms with Crippen LogP contribution in [0.3, 0.4) is 0 Å². The molecule has 7 nitrogen and oxygen atoms in total. The predicted molar refractivity (Wildman–Crippen MR) is 101 cm³/mol. The Morgan fingerprint density at radius 3 is 2.67 bits per heavy atom. The molecule has 2 N–H and O–H groups in total. The number of carbonyl (C=O) groups is 2. The fourth-order valence-electron chi connectivity index (χ4n) is 4.08. The smallest absolute Gasteiger partial charge is 0.267 e. The fraction of sp³-hybridized carbons (Fsp3) is 0.700. The van der Waals surface area contributed by atoms with E-state index in [1.807, 2.05) is 4.90 Å². The van der Waals surface area contributed by atoms with Gasteiger partial charge in [-0.2, -0.15) is 0 Å². The van der Waals surface area contributed by atoms with E-state index in [0.717, 1.165) is 25.6 Å². The summed E-state index contributed by atoms with van der Waals surface area (Å²) in [6, 6.07) is 3.53. The highest BCUT2D eigenvalue weighted by molar-refractivity contribution is 5.92. The van der Waals surface area contributed by atoms with Crippen LogP contribution in [-0.4, -0.2) is 78.6 Å². The number of nitrogens with zero attached hydrogens (tertiary/aromatic N) is 2. The SMILES string of the molecule is O=C(NCC1CN(CC2CCN(CC3CC3)CC2)C(=O)CO1)c1ccc[nH]1. The van der Waals surface area contributed by atoms with Crippen LogP contribution in [0.2, 0.25) is 0 Å². The number of rotatable bonds is 7. The molecule has 3 fully saturated rings. The van der Waals surface area contributed by atoms with Gasteiger partial charge in [-0.25, -0.2) is 0 Å². The third-order valence-electron chi connectivity index (χ3n) is 5.95. The number of nitrogens with one attached hydrogen (secondary N) is 2. The zero-order chi connectivity index (χ0) is 18.6. The number of aromatic nitrogens is 1. The van der Waals surface area contributed by atoms with Crippen molar-refractivity contribution in [2.75, 3.05) is 45.9 Å². The molecule has 3 aliphatic rings. The van der Waals surface area contributed by atoms with Crippen molar-refractivity contribution in [2.24, 2.45) is 11.8 Å². The molecule has 1 aliphatic carbocycles. The average Bonchev–Trinajstić information content (AvgIpc) is 3.31. The maximum atomic E-state index is 12.3. The molecular weight excluding hydrogens is 344 g/mol. The maximum Gasteiger partial charge on any atom is 0.267 e. The minimum Gasteiger partial charge on any atom is -0.365 e. The topological polar surface area (TPSA) is 77.7 Å². The van der Waals surface area contributed by atoms with E-state index in [2.05, 4.69) is 15.2 Å². The zero-order valence-corrected chi connectivity index (χ0v) is 15.9. The highest BCUT2D eigenvalue weighted by atomic mass is 16.5. The van der Waals surface area contributed by atoms with Crippen LogP contribution in [0.1, 0.15) is 36.2 Å². The van der Waals surface area contributed by atoms with Crippen LogP contribution in [0, 0.1) is 11.8 Å². The Kier molecular flexibility index (Phi) is 5.78. The number of ether oxygens (including phenoxy) is 1. The van der Waals surface area contributed by atoms with E-state index in [-0.39, 0.29) is 24.5 Å². The van der Waals surface area contributed by atoms with E-state index in [9.17, 15) is 9.59 Å². The van der Waals surface area contributed by atoms with Gasteiger partial charge in [-0.05, 0) is 62.7 Å². The lowest BCUT2D eigenvalue weighted by Gasteiger charge is -2.38.